The third kappa shape index (κ3) is 1.83. The Balaban J connectivity index is 2.45. The van der Waals surface area contributed by atoms with Crippen LogP contribution in [0.3, 0.4) is 0 Å². The summed E-state index contributed by atoms with van der Waals surface area (Å²) in [5, 5.41) is 2.39. The van der Waals surface area contributed by atoms with Crippen molar-refractivity contribution in [3.8, 4) is 5.75 Å². The van der Waals surface area contributed by atoms with Crippen LogP contribution in [-0.4, -0.2) is 11.7 Å². The number of hydrogen-bond donors (Lipinski definition) is 1. The monoisotopic (exact) mass is 266 g/mol. The van der Waals surface area contributed by atoms with E-state index in [0.29, 0.717) is 0 Å². The van der Waals surface area contributed by atoms with Crippen molar-refractivity contribution in [2.24, 2.45) is 5.73 Å². The molecule has 0 amide bonds. The Morgan fingerprint density at radius 2 is 1.90 bits per heavy atom. The van der Waals surface area contributed by atoms with Crippen LogP contribution in [0.4, 0.5) is 0 Å². The summed E-state index contributed by atoms with van der Waals surface area (Å²) < 4.78 is 7.43. The van der Waals surface area contributed by atoms with Gasteiger partial charge >= 0.3 is 0 Å². The summed E-state index contributed by atoms with van der Waals surface area (Å²) in [5.74, 6) is 1.60. The Labute approximate surface area is 118 Å². The second-order valence-electron chi connectivity index (χ2n) is 4.77. The van der Waals surface area contributed by atoms with Gasteiger partial charge in [-0.2, -0.15) is 0 Å². The van der Waals surface area contributed by atoms with Crippen molar-refractivity contribution < 1.29 is 4.74 Å². The smallest absolute Gasteiger partial charge is 0.120 e. The largest absolute Gasteiger partial charge is 0.497 e. The van der Waals surface area contributed by atoms with E-state index in [4.69, 9.17) is 10.5 Å². The molecule has 3 rings (SSSR count). The first-order chi connectivity index (χ1) is 9.76. The summed E-state index contributed by atoms with van der Waals surface area (Å²) in [5.41, 5.74) is 8.46. The third-order valence-corrected chi connectivity index (χ3v) is 3.55. The number of methoxy groups -OCH3 is 1. The van der Waals surface area contributed by atoms with E-state index in [1.54, 1.807) is 7.11 Å². The number of allylic oxidation sites excluding steroid dienone is 1. The minimum absolute atomic E-state index is 0.756. The van der Waals surface area contributed by atoms with Crippen molar-refractivity contribution in [2.45, 2.75) is 13.3 Å². The third-order valence-electron chi connectivity index (χ3n) is 3.55. The van der Waals surface area contributed by atoms with E-state index in [1.165, 1.54) is 10.8 Å². The number of benzene rings is 2. The lowest BCUT2D eigenvalue weighted by atomic mass is 10.1. The fraction of sp³-hybridized carbons (Fsp3) is 0.176. The molecule has 0 fully saturated rings. The highest BCUT2D eigenvalue weighted by Crippen LogP contribution is 2.32. The molecule has 0 unspecified atom stereocenters. The molecule has 0 atom stereocenters. The van der Waals surface area contributed by atoms with E-state index in [9.17, 15) is 0 Å². The number of nitrogens with two attached hydrogens (primary N) is 1. The summed E-state index contributed by atoms with van der Waals surface area (Å²) in [4.78, 5) is 0. The Bertz CT molecular complexity index is 799. The van der Waals surface area contributed by atoms with E-state index in [2.05, 4.69) is 35.8 Å². The summed E-state index contributed by atoms with van der Waals surface area (Å²) in [6.07, 6.45) is 2.94. The van der Waals surface area contributed by atoms with Crippen LogP contribution in [-0.2, 0) is 0 Å². The standard InChI is InChI=1S/C17H18N2O/c1-3-6-17(18)19-15-8-5-4-7-13(15)14-10-9-12(20-2)11-16(14)19/h4-11H,3,18H2,1-2H3/b17-6+. The average molecular weight is 266 g/mol. The lowest BCUT2D eigenvalue weighted by molar-refractivity contribution is 0.415. The fourth-order valence-corrected chi connectivity index (χ4v) is 2.66. The molecular formula is C17H18N2O. The molecular weight excluding hydrogens is 248 g/mol. The first-order valence-corrected chi connectivity index (χ1v) is 6.79. The molecule has 0 aliphatic carbocycles. The first-order valence-electron chi connectivity index (χ1n) is 6.79. The van der Waals surface area contributed by atoms with Gasteiger partial charge in [0.1, 0.15) is 11.6 Å². The SMILES string of the molecule is CC/C=C(\N)n1c2ccccc2c2ccc(OC)cc21. The van der Waals surface area contributed by atoms with Crippen molar-refractivity contribution in [2.75, 3.05) is 7.11 Å². The zero-order valence-electron chi connectivity index (χ0n) is 11.8. The highest BCUT2D eigenvalue weighted by Gasteiger charge is 2.12. The van der Waals surface area contributed by atoms with Gasteiger partial charge in [-0.25, -0.2) is 0 Å². The van der Waals surface area contributed by atoms with Gasteiger partial charge in [0.25, 0.3) is 0 Å². The maximum absolute atomic E-state index is 6.26. The number of para-hydroxylation sites is 1. The van der Waals surface area contributed by atoms with Crippen molar-refractivity contribution in [1.29, 1.82) is 0 Å². The average Bonchev–Trinajstić information content (AvgIpc) is 2.81. The number of ether oxygens (including phenoxy) is 1. The number of hydrogen-bond acceptors (Lipinski definition) is 2. The van der Waals surface area contributed by atoms with E-state index >= 15 is 0 Å². The predicted octanol–water partition coefficient (Wildman–Crippen LogP) is 3.97. The fourth-order valence-electron chi connectivity index (χ4n) is 2.66. The molecule has 20 heavy (non-hydrogen) atoms. The Morgan fingerprint density at radius 1 is 1.15 bits per heavy atom. The molecule has 0 saturated heterocycles. The number of fused-ring (bicyclic) bond motifs is 3. The van der Waals surface area contributed by atoms with Crippen molar-refractivity contribution in [3.05, 3.63) is 48.5 Å². The van der Waals surface area contributed by atoms with Gasteiger partial charge in [-0.15, -0.1) is 0 Å². The second-order valence-corrected chi connectivity index (χ2v) is 4.77. The van der Waals surface area contributed by atoms with Gasteiger partial charge in [-0.1, -0.05) is 25.1 Å². The van der Waals surface area contributed by atoms with Crippen LogP contribution < -0.4 is 10.5 Å². The molecule has 0 bridgehead atoms. The molecule has 1 heterocycles. The van der Waals surface area contributed by atoms with E-state index in [-0.39, 0.29) is 0 Å². The highest BCUT2D eigenvalue weighted by atomic mass is 16.5. The zero-order chi connectivity index (χ0) is 14.1. The maximum Gasteiger partial charge on any atom is 0.120 e. The van der Waals surface area contributed by atoms with Crippen molar-refractivity contribution >= 4 is 27.6 Å². The molecule has 102 valence electrons. The van der Waals surface area contributed by atoms with Gasteiger partial charge in [0, 0.05) is 16.8 Å². The van der Waals surface area contributed by atoms with Gasteiger partial charge in [0.2, 0.25) is 0 Å². The second kappa shape index (κ2) is 4.93. The van der Waals surface area contributed by atoms with Crippen LogP contribution in [0.25, 0.3) is 27.6 Å². The first kappa shape index (κ1) is 12.6. The van der Waals surface area contributed by atoms with Crippen LogP contribution in [0, 0.1) is 0 Å². The summed E-state index contributed by atoms with van der Waals surface area (Å²) in [6, 6.07) is 14.4. The molecule has 3 heteroatoms. The van der Waals surface area contributed by atoms with E-state index in [1.807, 2.05) is 24.3 Å². The Hall–Kier alpha value is -2.42. The molecule has 0 spiro atoms. The molecule has 0 aliphatic rings. The lowest BCUT2D eigenvalue weighted by Crippen LogP contribution is -2.05. The molecule has 0 radical (unpaired) electrons. The molecule has 1 aromatic heterocycles. The van der Waals surface area contributed by atoms with Crippen LogP contribution >= 0.6 is 0 Å². The molecule has 0 aliphatic heterocycles. The van der Waals surface area contributed by atoms with Crippen molar-refractivity contribution in [3.63, 3.8) is 0 Å². The van der Waals surface area contributed by atoms with Gasteiger partial charge in [-0.05, 0) is 30.7 Å². The maximum atomic E-state index is 6.26. The van der Waals surface area contributed by atoms with E-state index < -0.39 is 0 Å². The quantitative estimate of drug-likeness (QED) is 0.779. The summed E-state index contributed by atoms with van der Waals surface area (Å²) in [6.45, 7) is 2.08. The van der Waals surface area contributed by atoms with Crippen LogP contribution in [0.5, 0.6) is 5.75 Å². The minimum Gasteiger partial charge on any atom is -0.497 e. The summed E-state index contributed by atoms with van der Waals surface area (Å²) in [7, 11) is 1.68. The lowest BCUT2D eigenvalue weighted by Gasteiger charge is -2.08. The number of nitrogens with zero attached hydrogens (tertiary/aromatic N) is 1. The number of aromatic nitrogens is 1. The molecule has 3 aromatic rings. The normalized spacial score (nSPS) is 12.2. The highest BCUT2D eigenvalue weighted by molar-refractivity contribution is 6.10. The Morgan fingerprint density at radius 3 is 2.65 bits per heavy atom. The van der Waals surface area contributed by atoms with Gasteiger partial charge in [0.05, 0.1) is 18.1 Å². The van der Waals surface area contributed by atoms with Gasteiger partial charge in [-0.3, -0.25) is 4.57 Å². The predicted molar refractivity (Wildman–Crippen MR) is 84.7 cm³/mol. The topological polar surface area (TPSA) is 40.2 Å². The molecule has 0 saturated carbocycles. The summed E-state index contributed by atoms with van der Waals surface area (Å²) >= 11 is 0. The minimum atomic E-state index is 0.756. The van der Waals surface area contributed by atoms with Gasteiger partial charge in [0.15, 0.2) is 0 Å². The van der Waals surface area contributed by atoms with Crippen LogP contribution in [0.1, 0.15) is 13.3 Å². The zero-order valence-corrected chi connectivity index (χ0v) is 11.8. The number of rotatable bonds is 3. The molecule has 3 nitrogen and oxygen atoms in total. The van der Waals surface area contributed by atoms with E-state index in [0.717, 1.165) is 29.0 Å². The van der Waals surface area contributed by atoms with Crippen LogP contribution in [0.15, 0.2) is 48.5 Å². The van der Waals surface area contributed by atoms with Gasteiger partial charge < -0.3 is 10.5 Å². The molecule has 2 aromatic carbocycles. The van der Waals surface area contributed by atoms with Crippen LogP contribution in [0.2, 0.25) is 0 Å². The molecule has 2 N–H and O–H groups in total. The Kier molecular flexibility index (Phi) is 3.11. The van der Waals surface area contributed by atoms with Crippen molar-refractivity contribution in [1.82, 2.24) is 4.57 Å².